The molecule has 0 bridgehead atoms. The Balaban J connectivity index is 1.45. The summed E-state index contributed by atoms with van der Waals surface area (Å²) in [6.45, 7) is 4.76. The highest BCUT2D eigenvalue weighted by atomic mass is 16.5. The fourth-order valence-corrected chi connectivity index (χ4v) is 5.34. The summed E-state index contributed by atoms with van der Waals surface area (Å²) in [5.74, 6) is -0.498. The molecule has 0 saturated carbocycles. The van der Waals surface area contributed by atoms with Crippen LogP contribution in [0.25, 0.3) is 21.9 Å². The van der Waals surface area contributed by atoms with Crippen LogP contribution < -0.4 is 0 Å². The smallest absolute Gasteiger partial charge is 0.308 e. The molecule has 36 heavy (non-hydrogen) atoms. The molecule has 184 valence electrons. The SMILES string of the molecule is CCOC(=O)C[C@@H](c1cnc2ccccc2c1)N1CCC(C(CC)c2ccc3cccnc3n2)C1=O. The molecule has 4 heterocycles. The molecule has 5 rings (SSSR count). The molecule has 1 saturated heterocycles. The van der Waals surface area contributed by atoms with E-state index in [-0.39, 0.29) is 30.1 Å². The first-order chi connectivity index (χ1) is 17.6. The van der Waals surface area contributed by atoms with E-state index < -0.39 is 6.04 Å². The zero-order valence-electron chi connectivity index (χ0n) is 20.6. The molecule has 3 aromatic heterocycles. The highest BCUT2D eigenvalue weighted by Crippen LogP contribution is 2.39. The Hall–Kier alpha value is -3.87. The fourth-order valence-electron chi connectivity index (χ4n) is 5.34. The van der Waals surface area contributed by atoms with Crippen LogP contribution in [-0.2, 0) is 14.3 Å². The van der Waals surface area contributed by atoms with Crippen LogP contribution in [0.3, 0.4) is 0 Å². The molecule has 1 amide bonds. The highest BCUT2D eigenvalue weighted by Gasteiger charge is 2.41. The topological polar surface area (TPSA) is 85.3 Å². The second kappa shape index (κ2) is 10.4. The predicted octanol–water partition coefficient (Wildman–Crippen LogP) is 5.21. The van der Waals surface area contributed by atoms with Gasteiger partial charge >= 0.3 is 5.97 Å². The summed E-state index contributed by atoms with van der Waals surface area (Å²) in [7, 11) is 0. The fraction of sp³-hybridized carbons (Fsp3) is 0.345. The quantitative estimate of drug-likeness (QED) is 0.320. The van der Waals surface area contributed by atoms with Gasteiger partial charge in [0.2, 0.25) is 5.91 Å². The van der Waals surface area contributed by atoms with Gasteiger partial charge in [-0.05, 0) is 61.7 Å². The van der Waals surface area contributed by atoms with Gasteiger partial charge in [0, 0.05) is 47.2 Å². The van der Waals surface area contributed by atoms with Crippen LogP contribution in [0.4, 0.5) is 0 Å². The molecule has 0 aliphatic carbocycles. The number of esters is 1. The van der Waals surface area contributed by atoms with E-state index >= 15 is 0 Å². The second-order valence-corrected chi connectivity index (χ2v) is 9.21. The van der Waals surface area contributed by atoms with Crippen molar-refractivity contribution in [1.82, 2.24) is 19.9 Å². The minimum absolute atomic E-state index is 0.0214. The number of para-hydroxylation sites is 1. The maximum atomic E-state index is 13.9. The number of hydrogen-bond donors (Lipinski definition) is 0. The van der Waals surface area contributed by atoms with Gasteiger partial charge in [0.25, 0.3) is 0 Å². The lowest BCUT2D eigenvalue weighted by Gasteiger charge is -2.29. The van der Waals surface area contributed by atoms with E-state index in [4.69, 9.17) is 9.72 Å². The third-order valence-corrected chi connectivity index (χ3v) is 7.11. The Morgan fingerprint density at radius 1 is 1.08 bits per heavy atom. The molecular formula is C29H30N4O3. The van der Waals surface area contributed by atoms with Crippen LogP contribution in [0, 0.1) is 5.92 Å². The van der Waals surface area contributed by atoms with Crippen LogP contribution >= 0.6 is 0 Å². The standard InChI is InChI=1S/C29H30N4O3/c1-3-22(25-12-11-19-9-7-14-30-28(19)32-25)23-13-15-33(29(23)35)26(17-27(34)36-4-2)21-16-20-8-5-6-10-24(20)31-18-21/h5-12,14,16,18,22-23,26H,3-4,13,15,17H2,1-2H3/t22?,23?,26-/m0/s1. The van der Waals surface area contributed by atoms with Crippen molar-refractivity contribution < 1.29 is 14.3 Å². The molecular weight excluding hydrogens is 452 g/mol. The van der Waals surface area contributed by atoms with Gasteiger partial charge in [-0.25, -0.2) is 9.97 Å². The van der Waals surface area contributed by atoms with E-state index in [1.807, 2.05) is 59.5 Å². The molecule has 0 N–H and O–H groups in total. The number of pyridine rings is 3. The zero-order valence-corrected chi connectivity index (χ0v) is 20.6. The summed E-state index contributed by atoms with van der Waals surface area (Å²) < 4.78 is 5.27. The van der Waals surface area contributed by atoms with E-state index in [0.29, 0.717) is 25.2 Å². The lowest BCUT2D eigenvalue weighted by Crippen LogP contribution is -2.35. The number of nitrogens with zero attached hydrogens (tertiary/aromatic N) is 4. The average Bonchev–Trinajstić information content (AvgIpc) is 3.28. The van der Waals surface area contributed by atoms with Crippen molar-refractivity contribution in [2.45, 2.75) is 45.1 Å². The molecule has 3 atom stereocenters. The zero-order chi connectivity index (χ0) is 25.1. The Morgan fingerprint density at radius 2 is 1.92 bits per heavy atom. The second-order valence-electron chi connectivity index (χ2n) is 9.21. The number of carbonyl (C=O) groups excluding carboxylic acids is 2. The Labute approximate surface area is 210 Å². The number of rotatable bonds is 8. The van der Waals surface area contributed by atoms with Crippen molar-refractivity contribution >= 4 is 33.8 Å². The minimum atomic E-state index is -0.428. The summed E-state index contributed by atoms with van der Waals surface area (Å²) in [4.78, 5) is 42.1. The summed E-state index contributed by atoms with van der Waals surface area (Å²) in [5.41, 5.74) is 3.30. The number of ether oxygens (including phenoxy) is 1. The van der Waals surface area contributed by atoms with Crippen LogP contribution in [-0.4, -0.2) is 44.9 Å². The number of hydrogen-bond acceptors (Lipinski definition) is 6. The van der Waals surface area contributed by atoms with Crippen LogP contribution in [0.5, 0.6) is 0 Å². The first kappa shape index (κ1) is 23.9. The van der Waals surface area contributed by atoms with E-state index in [2.05, 4.69) is 16.9 Å². The van der Waals surface area contributed by atoms with E-state index in [0.717, 1.165) is 34.0 Å². The highest BCUT2D eigenvalue weighted by molar-refractivity contribution is 5.84. The Morgan fingerprint density at radius 3 is 2.75 bits per heavy atom. The van der Waals surface area contributed by atoms with Gasteiger partial charge in [0.15, 0.2) is 5.65 Å². The number of aromatic nitrogens is 3. The van der Waals surface area contributed by atoms with Crippen molar-refractivity contribution in [2.75, 3.05) is 13.2 Å². The maximum absolute atomic E-state index is 13.9. The van der Waals surface area contributed by atoms with Gasteiger partial charge in [-0.3, -0.25) is 14.6 Å². The molecule has 7 nitrogen and oxygen atoms in total. The number of likely N-dealkylation sites (tertiary alicyclic amines) is 1. The van der Waals surface area contributed by atoms with Gasteiger partial charge in [0.05, 0.1) is 24.6 Å². The molecule has 1 fully saturated rings. The maximum Gasteiger partial charge on any atom is 0.308 e. The summed E-state index contributed by atoms with van der Waals surface area (Å²) >= 11 is 0. The Bertz CT molecular complexity index is 1410. The predicted molar refractivity (Wildman–Crippen MR) is 138 cm³/mol. The molecule has 1 aliphatic rings. The number of amides is 1. The van der Waals surface area contributed by atoms with Gasteiger partial charge in [-0.15, -0.1) is 0 Å². The van der Waals surface area contributed by atoms with E-state index in [1.165, 1.54) is 0 Å². The average molecular weight is 483 g/mol. The van der Waals surface area contributed by atoms with Crippen molar-refractivity contribution in [1.29, 1.82) is 0 Å². The van der Waals surface area contributed by atoms with E-state index in [9.17, 15) is 9.59 Å². The monoisotopic (exact) mass is 482 g/mol. The largest absolute Gasteiger partial charge is 0.466 e. The van der Waals surface area contributed by atoms with Crippen LogP contribution in [0.2, 0.25) is 0 Å². The number of fused-ring (bicyclic) bond motifs is 2. The van der Waals surface area contributed by atoms with Crippen molar-refractivity contribution in [3.63, 3.8) is 0 Å². The lowest BCUT2D eigenvalue weighted by atomic mass is 9.85. The Kier molecular flexibility index (Phi) is 6.89. The molecule has 4 aromatic rings. The van der Waals surface area contributed by atoms with Crippen molar-refractivity contribution in [3.8, 4) is 0 Å². The van der Waals surface area contributed by atoms with E-state index in [1.54, 1.807) is 19.3 Å². The molecule has 0 radical (unpaired) electrons. The lowest BCUT2D eigenvalue weighted by molar-refractivity contribution is -0.145. The minimum Gasteiger partial charge on any atom is -0.466 e. The summed E-state index contributed by atoms with van der Waals surface area (Å²) in [6, 6.07) is 17.4. The molecule has 2 unspecified atom stereocenters. The van der Waals surface area contributed by atoms with Crippen molar-refractivity contribution in [3.05, 3.63) is 78.2 Å². The summed E-state index contributed by atoms with van der Waals surface area (Å²) in [6.07, 6.45) is 5.11. The van der Waals surface area contributed by atoms with Gasteiger partial charge < -0.3 is 9.64 Å². The first-order valence-corrected chi connectivity index (χ1v) is 12.6. The molecule has 0 spiro atoms. The number of benzene rings is 1. The number of carbonyl (C=O) groups is 2. The summed E-state index contributed by atoms with van der Waals surface area (Å²) in [5, 5.41) is 1.96. The third-order valence-electron chi connectivity index (χ3n) is 7.11. The first-order valence-electron chi connectivity index (χ1n) is 12.6. The molecule has 1 aliphatic heterocycles. The van der Waals surface area contributed by atoms with Crippen molar-refractivity contribution in [2.24, 2.45) is 5.92 Å². The van der Waals surface area contributed by atoms with Gasteiger partial charge in [0.1, 0.15) is 0 Å². The third kappa shape index (κ3) is 4.65. The van der Waals surface area contributed by atoms with Gasteiger partial charge in [-0.1, -0.05) is 25.1 Å². The molecule has 1 aromatic carbocycles. The van der Waals surface area contributed by atoms with Crippen LogP contribution in [0.15, 0.2) is 67.0 Å². The molecule has 7 heteroatoms. The van der Waals surface area contributed by atoms with Crippen LogP contribution in [0.1, 0.15) is 56.3 Å². The van der Waals surface area contributed by atoms with Gasteiger partial charge in [-0.2, -0.15) is 0 Å². The normalized spacial score (nSPS) is 17.4.